The first kappa shape index (κ1) is 11.2. The van der Waals surface area contributed by atoms with E-state index >= 15 is 0 Å². The first-order valence-corrected chi connectivity index (χ1v) is 5.55. The van der Waals surface area contributed by atoms with Crippen molar-refractivity contribution in [1.82, 2.24) is 0 Å². The fraction of sp³-hybridized carbons (Fsp3) is 0.545. The lowest BCUT2D eigenvalue weighted by molar-refractivity contribution is -0.139. The molecule has 0 spiro atoms. The topological polar surface area (TPSA) is 37.3 Å². The van der Waals surface area contributed by atoms with Gasteiger partial charge in [-0.25, -0.2) is 0 Å². The van der Waals surface area contributed by atoms with E-state index in [9.17, 15) is 4.79 Å². The van der Waals surface area contributed by atoms with Crippen LogP contribution in [0.5, 0.6) is 0 Å². The van der Waals surface area contributed by atoms with Gasteiger partial charge in [0.2, 0.25) is 0 Å². The van der Waals surface area contributed by atoms with E-state index in [0.717, 1.165) is 10.4 Å². The van der Waals surface area contributed by atoms with Crippen molar-refractivity contribution in [2.45, 2.75) is 33.6 Å². The highest BCUT2D eigenvalue weighted by atomic mass is 32.1. The van der Waals surface area contributed by atoms with Crippen LogP contribution in [-0.2, 0) is 4.79 Å². The molecule has 0 fully saturated rings. The van der Waals surface area contributed by atoms with Crippen LogP contribution in [0.1, 0.15) is 35.1 Å². The molecule has 2 nitrogen and oxygen atoms in total. The summed E-state index contributed by atoms with van der Waals surface area (Å²) >= 11 is 1.67. The van der Waals surface area contributed by atoms with Gasteiger partial charge in [-0.05, 0) is 31.4 Å². The molecule has 0 saturated carbocycles. The largest absolute Gasteiger partial charge is 0.481 e. The maximum atomic E-state index is 11.1. The number of hydrogen-bond donors (Lipinski definition) is 1. The molecule has 0 amide bonds. The summed E-state index contributed by atoms with van der Waals surface area (Å²) in [4.78, 5) is 13.4. The molecule has 0 aliphatic rings. The Labute approximate surface area is 88.6 Å². The zero-order valence-corrected chi connectivity index (χ0v) is 9.81. The van der Waals surface area contributed by atoms with Crippen molar-refractivity contribution in [3.63, 3.8) is 0 Å². The van der Waals surface area contributed by atoms with Crippen molar-refractivity contribution in [3.05, 3.63) is 21.4 Å². The van der Waals surface area contributed by atoms with Gasteiger partial charge in [-0.15, -0.1) is 11.3 Å². The van der Waals surface area contributed by atoms with E-state index in [-0.39, 0.29) is 11.8 Å². The lowest BCUT2D eigenvalue weighted by Gasteiger charge is -2.15. The maximum absolute atomic E-state index is 11.1. The molecule has 1 rings (SSSR count). The minimum atomic E-state index is -0.721. The van der Waals surface area contributed by atoms with E-state index in [1.807, 2.05) is 33.8 Å². The highest BCUT2D eigenvalue weighted by Crippen LogP contribution is 2.32. The Morgan fingerprint density at radius 3 is 2.29 bits per heavy atom. The van der Waals surface area contributed by atoms with E-state index in [4.69, 9.17) is 5.11 Å². The van der Waals surface area contributed by atoms with Gasteiger partial charge < -0.3 is 5.11 Å². The minimum absolute atomic E-state index is 0.139. The molecular formula is C11H16O2S. The van der Waals surface area contributed by atoms with Crippen LogP contribution in [0.15, 0.2) is 6.07 Å². The Morgan fingerprint density at radius 1 is 1.43 bits per heavy atom. The maximum Gasteiger partial charge on any atom is 0.311 e. The second-order valence-electron chi connectivity index (χ2n) is 3.93. The van der Waals surface area contributed by atoms with Crippen LogP contribution in [-0.4, -0.2) is 11.1 Å². The van der Waals surface area contributed by atoms with Crippen molar-refractivity contribution in [1.29, 1.82) is 0 Å². The Morgan fingerprint density at radius 2 is 2.00 bits per heavy atom. The van der Waals surface area contributed by atoms with Crippen LogP contribution in [0, 0.1) is 19.8 Å². The second-order valence-corrected chi connectivity index (χ2v) is 5.39. The lowest BCUT2D eigenvalue weighted by Crippen LogP contribution is -2.17. The van der Waals surface area contributed by atoms with E-state index in [1.54, 1.807) is 11.3 Å². The summed E-state index contributed by atoms with van der Waals surface area (Å²) in [6.07, 6.45) is 0. The highest BCUT2D eigenvalue weighted by Gasteiger charge is 2.26. The zero-order valence-electron chi connectivity index (χ0n) is 9.00. The highest BCUT2D eigenvalue weighted by molar-refractivity contribution is 7.12. The second kappa shape index (κ2) is 4.13. The zero-order chi connectivity index (χ0) is 10.9. The molecule has 1 atom stereocenters. The molecule has 0 radical (unpaired) electrons. The number of thiophene rings is 1. The van der Waals surface area contributed by atoms with E-state index in [2.05, 4.69) is 0 Å². The Kier molecular flexibility index (Phi) is 3.32. The van der Waals surface area contributed by atoms with Crippen LogP contribution in [0.2, 0.25) is 0 Å². The predicted octanol–water partition coefficient (Wildman–Crippen LogP) is 3.19. The third kappa shape index (κ3) is 2.15. The van der Waals surface area contributed by atoms with Gasteiger partial charge in [0.1, 0.15) is 0 Å². The molecule has 0 saturated heterocycles. The summed E-state index contributed by atoms with van der Waals surface area (Å²) in [6, 6.07) is 2.00. The molecule has 1 aromatic rings. The lowest BCUT2D eigenvalue weighted by atomic mass is 9.89. The van der Waals surface area contributed by atoms with Crippen LogP contribution < -0.4 is 0 Å². The molecule has 0 aromatic carbocycles. The Hall–Kier alpha value is -0.830. The van der Waals surface area contributed by atoms with Gasteiger partial charge >= 0.3 is 5.97 Å². The molecule has 3 heteroatoms. The van der Waals surface area contributed by atoms with Gasteiger partial charge in [-0.1, -0.05) is 13.8 Å². The quantitative estimate of drug-likeness (QED) is 0.835. The fourth-order valence-corrected chi connectivity index (χ4v) is 2.71. The summed E-state index contributed by atoms with van der Waals surface area (Å²) in [5, 5.41) is 9.14. The number of rotatable bonds is 3. The summed E-state index contributed by atoms with van der Waals surface area (Å²) in [7, 11) is 0. The van der Waals surface area contributed by atoms with Gasteiger partial charge in [0.05, 0.1) is 5.92 Å². The number of aryl methyl sites for hydroxylation is 2. The summed E-state index contributed by atoms with van der Waals surface area (Å²) in [6.45, 7) is 7.90. The monoisotopic (exact) mass is 212 g/mol. The van der Waals surface area contributed by atoms with E-state index < -0.39 is 5.97 Å². The Bertz CT molecular complexity index is 339. The minimum Gasteiger partial charge on any atom is -0.481 e. The Balaban J connectivity index is 3.11. The molecule has 1 heterocycles. The van der Waals surface area contributed by atoms with Crippen molar-refractivity contribution in [3.8, 4) is 0 Å². The smallest absolute Gasteiger partial charge is 0.311 e. The summed E-state index contributed by atoms with van der Waals surface area (Å²) in [5.74, 6) is -0.943. The molecule has 0 bridgehead atoms. The van der Waals surface area contributed by atoms with Crippen molar-refractivity contribution in [2.24, 2.45) is 5.92 Å². The summed E-state index contributed by atoms with van der Waals surface area (Å²) < 4.78 is 0. The van der Waals surface area contributed by atoms with Crippen molar-refractivity contribution >= 4 is 17.3 Å². The van der Waals surface area contributed by atoms with Gasteiger partial charge in [0.15, 0.2) is 0 Å². The first-order valence-electron chi connectivity index (χ1n) is 4.73. The van der Waals surface area contributed by atoms with Crippen molar-refractivity contribution < 1.29 is 9.90 Å². The average Bonchev–Trinajstić information content (AvgIpc) is 2.29. The van der Waals surface area contributed by atoms with Crippen molar-refractivity contribution in [2.75, 3.05) is 0 Å². The van der Waals surface area contributed by atoms with Gasteiger partial charge in [0, 0.05) is 9.75 Å². The fourth-order valence-electron chi connectivity index (χ4n) is 1.74. The van der Waals surface area contributed by atoms with Gasteiger partial charge in [0.25, 0.3) is 0 Å². The van der Waals surface area contributed by atoms with E-state index in [0.29, 0.717) is 0 Å². The normalized spacial score (nSPS) is 13.2. The molecule has 78 valence electrons. The standard InChI is InChI=1S/C11H16O2S/c1-6(2)10(11(12)13)9-5-7(3)14-8(9)4/h5-6,10H,1-4H3,(H,12,13). The van der Waals surface area contributed by atoms with Crippen LogP contribution in [0.25, 0.3) is 0 Å². The molecule has 0 aliphatic heterocycles. The summed E-state index contributed by atoms with van der Waals surface area (Å²) in [5.41, 5.74) is 0.981. The molecule has 1 N–H and O–H groups in total. The average molecular weight is 212 g/mol. The van der Waals surface area contributed by atoms with Crippen LogP contribution >= 0.6 is 11.3 Å². The van der Waals surface area contributed by atoms with E-state index in [1.165, 1.54) is 4.88 Å². The number of carboxylic acids is 1. The SMILES string of the molecule is Cc1cc(C(C(=O)O)C(C)C)c(C)s1. The third-order valence-corrected chi connectivity index (χ3v) is 3.33. The number of carboxylic acid groups (broad SMARTS) is 1. The molecular weight excluding hydrogens is 196 g/mol. The van der Waals surface area contributed by atoms with Crippen LogP contribution in [0.4, 0.5) is 0 Å². The molecule has 1 unspecified atom stereocenters. The van der Waals surface area contributed by atoms with Gasteiger partial charge in [-0.3, -0.25) is 4.79 Å². The number of hydrogen-bond acceptors (Lipinski definition) is 2. The first-order chi connectivity index (χ1) is 6.43. The molecule has 14 heavy (non-hydrogen) atoms. The van der Waals surface area contributed by atoms with Crippen LogP contribution in [0.3, 0.4) is 0 Å². The molecule has 1 aromatic heterocycles. The van der Waals surface area contributed by atoms with Gasteiger partial charge in [-0.2, -0.15) is 0 Å². The molecule has 0 aliphatic carbocycles. The number of aliphatic carboxylic acids is 1. The predicted molar refractivity (Wildman–Crippen MR) is 59.0 cm³/mol. The number of carbonyl (C=O) groups is 1. The third-order valence-electron chi connectivity index (χ3n) is 2.35.